The molecule has 0 unspecified atom stereocenters. The van der Waals surface area contributed by atoms with E-state index >= 15 is 0 Å². The summed E-state index contributed by atoms with van der Waals surface area (Å²) in [6, 6.07) is 2.07. The third kappa shape index (κ3) is 3.80. The SMILES string of the molecule is CC1(C)COCCN1Cc1sccc1C#CCCO. The Morgan fingerprint density at radius 2 is 2.37 bits per heavy atom. The van der Waals surface area contributed by atoms with Crippen LogP contribution in [0.2, 0.25) is 0 Å². The van der Waals surface area contributed by atoms with Crippen molar-refractivity contribution in [2.75, 3.05) is 26.4 Å². The van der Waals surface area contributed by atoms with E-state index in [1.807, 2.05) is 0 Å². The molecule has 104 valence electrons. The van der Waals surface area contributed by atoms with E-state index < -0.39 is 0 Å². The van der Waals surface area contributed by atoms with E-state index in [4.69, 9.17) is 9.84 Å². The zero-order valence-electron chi connectivity index (χ0n) is 11.6. The molecule has 4 heteroatoms. The summed E-state index contributed by atoms with van der Waals surface area (Å²) in [5.41, 5.74) is 1.18. The molecule has 1 aromatic heterocycles. The van der Waals surface area contributed by atoms with Crippen molar-refractivity contribution in [2.24, 2.45) is 0 Å². The molecule has 0 bridgehead atoms. The summed E-state index contributed by atoms with van der Waals surface area (Å²) >= 11 is 1.75. The zero-order chi connectivity index (χ0) is 13.7. The number of rotatable bonds is 3. The second-order valence-electron chi connectivity index (χ2n) is 5.32. The van der Waals surface area contributed by atoms with Gasteiger partial charge in [-0.25, -0.2) is 0 Å². The molecule has 0 spiro atoms. The first kappa shape index (κ1) is 14.5. The minimum Gasteiger partial charge on any atom is -0.395 e. The minimum atomic E-state index is 0.0814. The van der Waals surface area contributed by atoms with Crippen molar-refractivity contribution in [3.63, 3.8) is 0 Å². The van der Waals surface area contributed by atoms with Crippen LogP contribution in [0.4, 0.5) is 0 Å². The number of aliphatic hydroxyl groups is 1. The maximum atomic E-state index is 8.77. The van der Waals surface area contributed by atoms with Gasteiger partial charge in [0.2, 0.25) is 0 Å². The molecular weight excluding hydrogens is 258 g/mol. The highest BCUT2D eigenvalue weighted by Gasteiger charge is 2.30. The molecule has 2 heterocycles. The van der Waals surface area contributed by atoms with Gasteiger partial charge in [-0.2, -0.15) is 0 Å². The summed E-state index contributed by atoms with van der Waals surface area (Å²) in [7, 11) is 0. The van der Waals surface area contributed by atoms with E-state index in [1.165, 1.54) is 4.88 Å². The molecule has 19 heavy (non-hydrogen) atoms. The summed E-state index contributed by atoms with van der Waals surface area (Å²) in [5, 5.41) is 10.9. The Kier molecular flexibility index (Phi) is 5.00. The Bertz CT molecular complexity index is 470. The number of ether oxygens (including phenoxy) is 1. The Hall–Kier alpha value is -0.860. The molecule has 1 saturated heterocycles. The summed E-state index contributed by atoms with van der Waals surface area (Å²) in [6.07, 6.45) is 0.540. The third-order valence-electron chi connectivity index (χ3n) is 3.36. The molecule has 0 amide bonds. The van der Waals surface area contributed by atoms with Gasteiger partial charge < -0.3 is 9.84 Å². The van der Waals surface area contributed by atoms with Gasteiger partial charge in [0.15, 0.2) is 0 Å². The average Bonchev–Trinajstić information content (AvgIpc) is 2.80. The Morgan fingerprint density at radius 1 is 1.53 bits per heavy atom. The van der Waals surface area contributed by atoms with Crippen LogP contribution in [0.3, 0.4) is 0 Å². The van der Waals surface area contributed by atoms with Gasteiger partial charge in [-0.15, -0.1) is 11.3 Å². The molecule has 0 aromatic carbocycles. The fourth-order valence-electron chi connectivity index (χ4n) is 2.15. The van der Waals surface area contributed by atoms with E-state index in [0.717, 1.165) is 31.9 Å². The van der Waals surface area contributed by atoms with Crippen LogP contribution in [0, 0.1) is 11.8 Å². The van der Waals surface area contributed by atoms with Crippen molar-refractivity contribution >= 4 is 11.3 Å². The van der Waals surface area contributed by atoms with Crippen LogP contribution in [-0.4, -0.2) is 41.9 Å². The molecule has 1 aliphatic heterocycles. The number of aliphatic hydroxyl groups excluding tert-OH is 1. The largest absolute Gasteiger partial charge is 0.395 e. The Morgan fingerprint density at radius 3 is 3.11 bits per heavy atom. The molecule has 0 aliphatic carbocycles. The molecule has 2 rings (SSSR count). The highest BCUT2D eigenvalue weighted by molar-refractivity contribution is 7.10. The second kappa shape index (κ2) is 6.53. The monoisotopic (exact) mass is 279 g/mol. The van der Waals surface area contributed by atoms with Crippen LogP contribution < -0.4 is 0 Å². The number of thiophene rings is 1. The molecule has 0 saturated carbocycles. The van der Waals surface area contributed by atoms with Gasteiger partial charge in [0, 0.05) is 35.5 Å². The lowest BCUT2D eigenvalue weighted by Crippen LogP contribution is -2.52. The first-order valence-electron chi connectivity index (χ1n) is 6.62. The quantitative estimate of drug-likeness (QED) is 0.860. The topological polar surface area (TPSA) is 32.7 Å². The summed E-state index contributed by atoms with van der Waals surface area (Å²) in [5.74, 6) is 6.15. The maximum absolute atomic E-state index is 8.77. The molecular formula is C15H21NO2S. The van der Waals surface area contributed by atoms with E-state index in [0.29, 0.717) is 6.42 Å². The van der Waals surface area contributed by atoms with Crippen LogP contribution >= 0.6 is 11.3 Å². The van der Waals surface area contributed by atoms with Crippen molar-refractivity contribution in [1.29, 1.82) is 0 Å². The van der Waals surface area contributed by atoms with Gasteiger partial charge in [-0.1, -0.05) is 11.8 Å². The second-order valence-corrected chi connectivity index (χ2v) is 6.32. The van der Waals surface area contributed by atoms with Gasteiger partial charge >= 0.3 is 0 Å². The lowest BCUT2D eigenvalue weighted by atomic mass is 10.0. The Balaban J connectivity index is 2.07. The van der Waals surface area contributed by atoms with E-state index in [9.17, 15) is 0 Å². The Labute approximate surface area is 119 Å². The van der Waals surface area contributed by atoms with E-state index in [2.05, 4.69) is 42.0 Å². The van der Waals surface area contributed by atoms with Gasteiger partial charge in [0.05, 0.1) is 19.8 Å². The zero-order valence-corrected chi connectivity index (χ0v) is 12.4. The van der Waals surface area contributed by atoms with E-state index in [-0.39, 0.29) is 12.1 Å². The number of morpholine rings is 1. The number of hydrogen-bond donors (Lipinski definition) is 1. The van der Waals surface area contributed by atoms with E-state index in [1.54, 1.807) is 11.3 Å². The summed E-state index contributed by atoms with van der Waals surface area (Å²) < 4.78 is 5.55. The van der Waals surface area contributed by atoms with Crippen LogP contribution in [0.25, 0.3) is 0 Å². The van der Waals surface area contributed by atoms with Crippen molar-refractivity contribution in [1.82, 2.24) is 4.90 Å². The number of nitrogens with zero attached hydrogens (tertiary/aromatic N) is 1. The highest BCUT2D eigenvalue weighted by Crippen LogP contribution is 2.25. The van der Waals surface area contributed by atoms with Gasteiger partial charge in [0.25, 0.3) is 0 Å². The lowest BCUT2D eigenvalue weighted by molar-refractivity contribution is -0.0548. The van der Waals surface area contributed by atoms with Crippen LogP contribution in [0.15, 0.2) is 11.4 Å². The maximum Gasteiger partial charge on any atom is 0.0645 e. The first-order chi connectivity index (χ1) is 9.13. The lowest BCUT2D eigenvalue weighted by Gasteiger charge is -2.42. The van der Waals surface area contributed by atoms with Gasteiger partial charge in [-0.05, 0) is 25.3 Å². The molecule has 1 aliphatic rings. The van der Waals surface area contributed by atoms with Gasteiger partial charge in [-0.3, -0.25) is 4.90 Å². The standard InChI is InChI=1S/C15H21NO2S/c1-15(2)12-18-9-7-16(15)11-14-13(6-10-19-14)5-3-4-8-17/h6,10,17H,4,7-9,11-12H2,1-2H3. The summed E-state index contributed by atoms with van der Waals surface area (Å²) in [4.78, 5) is 3.76. The van der Waals surface area contributed by atoms with Crippen LogP contribution in [0.5, 0.6) is 0 Å². The van der Waals surface area contributed by atoms with Crippen molar-refractivity contribution < 1.29 is 9.84 Å². The fourth-order valence-corrected chi connectivity index (χ4v) is 2.99. The predicted octanol–water partition coefficient (Wildman–Crippen LogP) is 2.09. The molecule has 1 aromatic rings. The highest BCUT2D eigenvalue weighted by atomic mass is 32.1. The average molecular weight is 279 g/mol. The summed E-state index contributed by atoms with van der Waals surface area (Å²) in [6.45, 7) is 8.05. The molecule has 3 nitrogen and oxygen atoms in total. The molecule has 0 atom stereocenters. The normalized spacial score (nSPS) is 18.9. The molecule has 0 radical (unpaired) electrons. The molecule has 1 N–H and O–H groups in total. The smallest absolute Gasteiger partial charge is 0.0645 e. The molecule has 1 fully saturated rings. The van der Waals surface area contributed by atoms with Gasteiger partial charge in [0.1, 0.15) is 0 Å². The first-order valence-corrected chi connectivity index (χ1v) is 7.50. The minimum absolute atomic E-state index is 0.0814. The van der Waals surface area contributed by atoms with Crippen molar-refractivity contribution in [3.8, 4) is 11.8 Å². The number of hydrogen-bond acceptors (Lipinski definition) is 4. The van der Waals surface area contributed by atoms with Crippen LogP contribution in [-0.2, 0) is 11.3 Å². The van der Waals surface area contributed by atoms with Crippen molar-refractivity contribution in [3.05, 3.63) is 21.9 Å². The fraction of sp³-hybridized carbons (Fsp3) is 0.600. The van der Waals surface area contributed by atoms with Crippen LogP contribution in [0.1, 0.15) is 30.7 Å². The van der Waals surface area contributed by atoms with Crippen molar-refractivity contribution in [2.45, 2.75) is 32.4 Å². The predicted molar refractivity (Wildman–Crippen MR) is 78.2 cm³/mol. The third-order valence-corrected chi connectivity index (χ3v) is 4.26.